The van der Waals surface area contributed by atoms with Crippen LogP contribution < -0.4 is 19.7 Å². The average Bonchev–Trinajstić information content (AvgIpc) is 3.42. The van der Waals surface area contributed by atoms with E-state index < -0.39 is 6.04 Å². The Hall–Kier alpha value is -3.72. The highest BCUT2D eigenvalue weighted by molar-refractivity contribution is 6.35. The average molecular weight is 648 g/mol. The molecule has 10 heteroatoms. The molecule has 234 valence electrons. The fraction of sp³-hybridized carbons (Fsp3) is 0.371. The van der Waals surface area contributed by atoms with Crippen LogP contribution in [0.4, 0.5) is 11.4 Å². The minimum Gasteiger partial charge on any atom is -0.454 e. The van der Waals surface area contributed by atoms with E-state index in [1.54, 1.807) is 12.1 Å². The van der Waals surface area contributed by atoms with Gasteiger partial charge in [0.15, 0.2) is 17.3 Å². The summed E-state index contributed by atoms with van der Waals surface area (Å²) in [4.78, 5) is 34.4. The molecule has 0 spiro atoms. The number of carbonyl (C=O) groups excluding carboxylic acids is 2. The molecule has 8 nitrogen and oxygen atoms in total. The van der Waals surface area contributed by atoms with Crippen LogP contribution in [-0.2, 0) is 16.1 Å². The summed E-state index contributed by atoms with van der Waals surface area (Å²) in [6, 6.07) is 18.8. The summed E-state index contributed by atoms with van der Waals surface area (Å²) < 4.78 is 11.0. The van der Waals surface area contributed by atoms with E-state index in [4.69, 9.17) is 32.7 Å². The first-order chi connectivity index (χ1) is 21.6. The van der Waals surface area contributed by atoms with Crippen LogP contribution in [0, 0.1) is 5.41 Å². The van der Waals surface area contributed by atoms with Gasteiger partial charge in [-0.1, -0.05) is 61.3 Å². The van der Waals surface area contributed by atoms with Crippen molar-refractivity contribution < 1.29 is 19.1 Å². The molecule has 3 aromatic carbocycles. The van der Waals surface area contributed by atoms with E-state index in [2.05, 4.69) is 35.0 Å². The van der Waals surface area contributed by atoms with E-state index in [-0.39, 0.29) is 30.4 Å². The number of hydrogen-bond donors (Lipinski definition) is 1. The largest absolute Gasteiger partial charge is 0.454 e. The Morgan fingerprint density at radius 1 is 0.956 bits per heavy atom. The molecule has 0 saturated carbocycles. The lowest BCUT2D eigenvalue weighted by Crippen LogP contribution is -2.51. The van der Waals surface area contributed by atoms with Crippen molar-refractivity contribution in [2.24, 2.45) is 5.41 Å². The lowest BCUT2D eigenvalue weighted by molar-refractivity contribution is -0.131. The van der Waals surface area contributed by atoms with Gasteiger partial charge in [0.1, 0.15) is 0 Å². The third-order valence-electron chi connectivity index (χ3n) is 9.13. The maximum atomic E-state index is 14.1. The van der Waals surface area contributed by atoms with Crippen molar-refractivity contribution in [2.45, 2.75) is 39.3 Å². The lowest BCUT2D eigenvalue weighted by Gasteiger charge is -2.40. The number of piperazine rings is 1. The highest BCUT2D eigenvalue weighted by Gasteiger charge is 2.43. The number of nitrogens with one attached hydrogen (secondary N) is 1. The first-order valence-electron chi connectivity index (χ1n) is 15.4. The Balaban J connectivity index is 1.17. The van der Waals surface area contributed by atoms with Gasteiger partial charge in [-0.3, -0.25) is 14.5 Å². The minimum absolute atomic E-state index is 0.00950. The zero-order valence-corrected chi connectivity index (χ0v) is 27.0. The van der Waals surface area contributed by atoms with E-state index in [1.807, 2.05) is 47.4 Å². The Kier molecular flexibility index (Phi) is 7.92. The Labute approximate surface area is 273 Å². The van der Waals surface area contributed by atoms with Gasteiger partial charge in [0.2, 0.25) is 12.7 Å². The second-order valence-corrected chi connectivity index (χ2v) is 13.9. The van der Waals surface area contributed by atoms with E-state index >= 15 is 0 Å². The predicted octanol–water partition coefficient (Wildman–Crippen LogP) is 6.68. The van der Waals surface area contributed by atoms with Crippen LogP contribution in [-0.4, -0.2) is 61.0 Å². The smallest absolute Gasteiger partial charge is 0.242 e. The quantitative estimate of drug-likeness (QED) is 0.331. The number of ether oxygens (including phenoxy) is 2. The fourth-order valence-electron chi connectivity index (χ4n) is 6.97. The van der Waals surface area contributed by atoms with Crippen LogP contribution in [0.3, 0.4) is 0 Å². The number of anilines is 2. The molecule has 1 aliphatic carbocycles. The number of allylic oxidation sites excluding steroid dienone is 1. The molecular formula is C35H36Cl2N4O4. The predicted molar refractivity (Wildman–Crippen MR) is 176 cm³/mol. The van der Waals surface area contributed by atoms with Crippen molar-refractivity contribution in [3.05, 3.63) is 93.1 Å². The van der Waals surface area contributed by atoms with Gasteiger partial charge in [0.05, 0.1) is 24.0 Å². The molecule has 3 aliphatic heterocycles. The van der Waals surface area contributed by atoms with Gasteiger partial charge < -0.3 is 24.6 Å². The van der Waals surface area contributed by atoms with Gasteiger partial charge in [0.25, 0.3) is 0 Å². The number of carbonyl (C=O) groups is 2. The molecule has 3 heterocycles. The van der Waals surface area contributed by atoms with Crippen molar-refractivity contribution in [1.82, 2.24) is 9.80 Å². The molecule has 3 aromatic rings. The van der Waals surface area contributed by atoms with Crippen LogP contribution in [0.15, 0.2) is 71.9 Å². The Bertz CT molecular complexity index is 1700. The zero-order valence-electron chi connectivity index (χ0n) is 25.4. The maximum Gasteiger partial charge on any atom is 0.242 e. The monoisotopic (exact) mass is 646 g/mol. The molecule has 0 aromatic heterocycles. The zero-order chi connectivity index (χ0) is 31.3. The summed E-state index contributed by atoms with van der Waals surface area (Å²) >= 11 is 13.2. The number of halogens is 2. The molecule has 1 fully saturated rings. The third-order valence-corrected chi connectivity index (χ3v) is 9.70. The van der Waals surface area contributed by atoms with Crippen LogP contribution in [0.1, 0.15) is 43.9 Å². The number of hydrogen-bond acceptors (Lipinski definition) is 7. The van der Waals surface area contributed by atoms with E-state index in [0.29, 0.717) is 41.5 Å². The Morgan fingerprint density at radius 2 is 1.73 bits per heavy atom. The number of rotatable bonds is 5. The van der Waals surface area contributed by atoms with Gasteiger partial charge in [-0.2, -0.15) is 0 Å². The number of fused-ring (bicyclic) bond motifs is 2. The van der Waals surface area contributed by atoms with Gasteiger partial charge in [-0.05, 0) is 59.4 Å². The number of nitrogens with zero attached hydrogens (tertiary/aromatic N) is 3. The van der Waals surface area contributed by atoms with Crippen molar-refractivity contribution in [3.8, 4) is 11.5 Å². The summed E-state index contributed by atoms with van der Waals surface area (Å²) in [5.41, 5.74) is 4.97. The molecular weight excluding hydrogens is 611 g/mol. The van der Waals surface area contributed by atoms with E-state index in [1.165, 1.54) is 0 Å². The number of Topliss-reactive ketones (excluding diaryl/α,β-unsaturated/α-hetero) is 1. The van der Waals surface area contributed by atoms with Crippen LogP contribution >= 0.6 is 23.2 Å². The van der Waals surface area contributed by atoms with Crippen molar-refractivity contribution in [1.29, 1.82) is 0 Å². The topological polar surface area (TPSA) is 74.4 Å². The summed E-state index contributed by atoms with van der Waals surface area (Å²) in [6.07, 6.45) is 1.12. The molecule has 0 radical (unpaired) electrons. The standard InChI is InChI=1S/C35H36Cl2N4O4/c1-35(2)17-27-33(29(42)18-35)34(24-9-8-23(36)16-25(24)37)41(28-6-4-3-5-26(28)38-27)20-32(43)40-13-11-39(12-14-40)19-22-7-10-30-31(15-22)45-21-44-30/h3-10,15-16,34,38H,11-14,17-21H2,1-2H3. The number of para-hydroxylation sites is 2. The highest BCUT2D eigenvalue weighted by atomic mass is 35.5. The van der Waals surface area contributed by atoms with Crippen molar-refractivity contribution in [3.63, 3.8) is 0 Å². The Morgan fingerprint density at radius 3 is 2.53 bits per heavy atom. The van der Waals surface area contributed by atoms with Crippen LogP contribution in [0.2, 0.25) is 10.0 Å². The number of ketones is 1. The number of amides is 1. The summed E-state index contributed by atoms with van der Waals surface area (Å²) in [5.74, 6) is 1.63. The molecule has 1 amide bonds. The molecule has 4 aliphatic rings. The molecule has 1 atom stereocenters. The van der Waals surface area contributed by atoms with Crippen LogP contribution in [0.25, 0.3) is 0 Å². The van der Waals surface area contributed by atoms with Gasteiger partial charge in [0, 0.05) is 60.5 Å². The van der Waals surface area contributed by atoms with Gasteiger partial charge in [-0.15, -0.1) is 0 Å². The van der Waals surface area contributed by atoms with Crippen molar-refractivity contribution in [2.75, 3.05) is 49.7 Å². The van der Waals surface area contributed by atoms with Gasteiger partial charge >= 0.3 is 0 Å². The van der Waals surface area contributed by atoms with Crippen LogP contribution in [0.5, 0.6) is 11.5 Å². The van der Waals surface area contributed by atoms with Crippen molar-refractivity contribution >= 4 is 46.3 Å². The summed E-state index contributed by atoms with van der Waals surface area (Å²) in [6.45, 7) is 8.10. The molecule has 0 bridgehead atoms. The fourth-order valence-corrected chi connectivity index (χ4v) is 7.48. The lowest BCUT2D eigenvalue weighted by atomic mass is 9.73. The van der Waals surface area contributed by atoms with E-state index in [9.17, 15) is 9.59 Å². The SMILES string of the molecule is CC1(C)CC(=O)C2=C(C1)Nc1ccccc1N(CC(=O)N1CCN(Cc3ccc4c(c3)OCO4)CC1)C2c1ccc(Cl)cc1Cl. The third kappa shape index (κ3) is 5.99. The molecule has 1 unspecified atom stereocenters. The van der Waals surface area contributed by atoms with Gasteiger partial charge in [-0.25, -0.2) is 0 Å². The molecule has 45 heavy (non-hydrogen) atoms. The highest BCUT2D eigenvalue weighted by Crippen LogP contribution is 2.49. The summed E-state index contributed by atoms with van der Waals surface area (Å²) in [7, 11) is 0. The number of benzene rings is 3. The van der Waals surface area contributed by atoms with E-state index in [0.717, 1.165) is 59.3 Å². The molecule has 1 N–H and O–H groups in total. The molecule has 7 rings (SSSR count). The first kappa shape index (κ1) is 30.0. The molecule has 1 saturated heterocycles. The maximum absolute atomic E-state index is 14.1. The second-order valence-electron chi connectivity index (χ2n) is 13.0. The minimum atomic E-state index is -0.555. The first-order valence-corrected chi connectivity index (χ1v) is 16.1. The summed E-state index contributed by atoms with van der Waals surface area (Å²) in [5, 5.41) is 4.58. The second kappa shape index (κ2) is 11.9. The normalized spacial score (nSPS) is 20.8.